The smallest absolute Gasteiger partial charge is 0.309 e. The molecule has 4 rings (SSSR count). The van der Waals surface area contributed by atoms with E-state index in [1.165, 1.54) is 0 Å². The maximum Gasteiger partial charge on any atom is 0.309 e. The van der Waals surface area contributed by atoms with Crippen LogP contribution in [0.3, 0.4) is 0 Å². The van der Waals surface area contributed by atoms with E-state index in [-0.39, 0.29) is 17.9 Å². The lowest BCUT2D eigenvalue weighted by atomic mass is 9.84. The van der Waals surface area contributed by atoms with Crippen molar-refractivity contribution >= 4 is 22.8 Å². The SMILES string of the molecule is O=C(O)C1CCO[C@H]1C1CCN(C(=O)Cc2c[nH]c3ccccc23)CC1. The van der Waals surface area contributed by atoms with Gasteiger partial charge in [0.15, 0.2) is 0 Å². The van der Waals surface area contributed by atoms with E-state index in [4.69, 9.17) is 4.74 Å². The molecule has 2 atom stereocenters. The van der Waals surface area contributed by atoms with Crippen molar-refractivity contribution in [2.24, 2.45) is 11.8 Å². The summed E-state index contributed by atoms with van der Waals surface area (Å²) in [4.78, 5) is 29.2. The van der Waals surface area contributed by atoms with Gasteiger partial charge in [0, 0.05) is 36.8 Å². The molecule has 0 bridgehead atoms. The van der Waals surface area contributed by atoms with Crippen molar-refractivity contribution in [3.05, 3.63) is 36.0 Å². The van der Waals surface area contributed by atoms with Crippen LogP contribution >= 0.6 is 0 Å². The first-order valence-corrected chi connectivity index (χ1v) is 9.30. The molecule has 1 aromatic carbocycles. The zero-order chi connectivity index (χ0) is 18.1. The van der Waals surface area contributed by atoms with Gasteiger partial charge in [0.2, 0.25) is 5.91 Å². The Labute approximate surface area is 152 Å². The molecule has 1 aromatic heterocycles. The lowest BCUT2D eigenvalue weighted by Crippen LogP contribution is -2.43. The molecule has 0 radical (unpaired) electrons. The van der Waals surface area contributed by atoms with Crippen LogP contribution < -0.4 is 0 Å². The lowest BCUT2D eigenvalue weighted by Gasteiger charge is -2.35. The highest BCUT2D eigenvalue weighted by Crippen LogP contribution is 2.33. The summed E-state index contributed by atoms with van der Waals surface area (Å²) in [7, 11) is 0. The number of carboxylic acid groups (broad SMARTS) is 1. The number of rotatable bonds is 4. The number of hydrogen-bond acceptors (Lipinski definition) is 3. The Hall–Kier alpha value is -2.34. The number of nitrogens with one attached hydrogen (secondary N) is 1. The number of piperidine rings is 1. The van der Waals surface area contributed by atoms with Crippen LogP contribution in [0.4, 0.5) is 0 Å². The van der Waals surface area contributed by atoms with Crippen LogP contribution in [-0.4, -0.2) is 52.7 Å². The molecule has 2 aliphatic heterocycles. The second-order valence-corrected chi connectivity index (χ2v) is 7.32. The molecule has 2 saturated heterocycles. The highest BCUT2D eigenvalue weighted by molar-refractivity contribution is 5.88. The number of fused-ring (bicyclic) bond motifs is 1. The van der Waals surface area contributed by atoms with E-state index < -0.39 is 11.9 Å². The van der Waals surface area contributed by atoms with Crippen molar-refractivity contribution in [2.75, 3.05) is 19.7 Å². The summed E-state index contributed by atoms with van der Waals surface area (Å²) in [5.41, 5.74) is 2.07. The third kappa shape index (κ3) is 3.21. The molecule has 1 amide bonds. The second-order valence-electron chi connectivity index (χ2n) is 7.32. The highest BCUT2D eigenvalue weighted by atomic mass is 16.5. The van der Waals surface area contributed by atoms with Crippen LogP contribution in [0.5, 0.6) is 0 Å². The number of nitrogens with zero attached hydrogens (tertiary/aromatic N) is 1. The van der Waals surface area contributed by atoms with Crippen LogP contribution in [0, 0.1) is 11.8 Å². The molecule has 6 heteroatoms. The molecule has 2 N–H and O–H groups in total. The monoisotopic (exact) mass is 356 g/mol. The van der Waals surface area contributed by atoms with Gasteiger partial charge in [0.25, 0.3) is 0 Å². The van der Waals surface area contributed by atoms with Gasteiger partial charge in [-0.15, -0.1) is 0 Å². The van der Waals surface area contributed by atoms with Crippen molar-refractivity contribution in [3.8, 4) is 0 Å². The number of carbonyl (C=O) groups excluding carboxylic acids is 1. The number of aromatic amines is 1. The molecule has 2 fully saturated rings. The minimum atomic E-state index is -0.759. The first-order chi connectivity index (χ1) is 12.6. The third-order valence-electron chi connectivity index (χ3n) is 5.83. The van der Waals surface area contributed by atoms with Crippen molar-refractivity contribution in [1.82, 2.24) is 9.88 Å². The largest absolute Gasteiger partial charge is 0.481 e. The summed E-state index contributed by atoms with van der Waals surface area (Å²) in [5.74, 6) is -0.787. The number of benzene rings is 1. The Morgan fingerprint density at radius 2 is 1.96 bits per heavy atom. The summed E-state index contributed by atoms with van der Waals surface area (Å²) in [6.07, 6.45) is 4.34. The molecular formula is C20H24N2O4. The van der Waals surface area contributed by atoms with Crippen LogP contribution in [0.25, 0.3) is 10.9 Å². The average Bonchev–Trinajstić information content (AvgIpc) is 3.29. The predicted molar refractivity (Wildman–Crippen MR) is 96.8 cm³/mol. The van der Waals surface area contributed by atoms with Gasteiger partial charge < -0.3 is 19.7 Å². The Balaban J connectivity index is 1.36. The van der Waals surface area contributed by atoms with Gasteiger partial charge in [0.1, 0.15) is 0 Å². The molecule has 0 saturated carbocycles. The van der Waals surface area contributed by atoms with Crippen molar-refractivity contribution in [2.45, 2.75) is 31.8 Å². The fourth-order valence-corrected chi connectivity index (χ4v) is 4.37. The zero-order valence-electron chi connectivity index (χ0n) is 14.7. The molecule has 138 valence electrons. The number of carbonyl (C=O) groups is 2. The summed E-state index contributed by atoms with van der Waals surface area (Å²) in [6.45, 7) is 1.89. The fourth-order valence-electron chi connectivity index (χ4n) is 4.37. The van der Waals surface area contributed by atoms with Crippen molar-refractivity contribution < 1.29 is 19.4 Å². The number of amides is 1. The van der Waals surface area contributed by atoms with Gasteiger partial charge in [-0.3, -0.25) is 9.59 Å². The quantitative estimate of drug-likeness (QED) is 0.881. The van der Waals surface area contributed by atoms with E-state index in [1.54, 1.807) is 0 Å². The molecule has 1 unspecified atom stereocenters. The van der Waals surface area contributed by atoms with Gasteiger partial charge in [-0.2, -0.15) is 0 Å². The number of hydrogen-bond donors (Lipinski definition) is 2. The standard InChI is InChI=1S/C20H24N2O4/c23-18(11-14-12-21-17-4-2-1-3-15(14)17)22-8-5-13(6-9-22)19-16(20(24)25)7-10-26-19/h1-4,12-13,16,19,21H,5-11H2,(H,24,25)/t16?,19-/m0/s1. The number of para-hydroxylation sites is 1. The molecule has 26 heavy (non-hydrogen) atoms. The van der Waals surface area contributed by atoms with Gasteiger partial charge in [-0.1, -0.05) is 18.2 Å². The van der Waals surface area contributed by atoms with E-state index in [1.807, 2.05) is 35.4 Å². The predicted octanol–water partition coefficient (Wildman–Crippen LogP) is 2.44. The van der Waals surface area contributed by atoms with E-state index >= 15 is 0 Å². The van der Waals surface area contributed by atoms with Crippen LogP contribution in [-0.2, 0) is 20.7 Å². The molecule has 6 nitrogen and oxygen atoms in total. The fraction of sp³-hybridized carbons (Fsp3) is 0.500. The van der Waals surface area contributed by atoms with Gasteiger partial charge in [-0.25, -0.2) is 0 Å². The Kier molecular flexibility index (Phi) is 4.68. The maximum absolute atomic E-state index is 12.7. The molecular weight excluding hydrogens is 332 g/mol. The van der Waals surface area contributed by atoms with Crippen LogP contribution in [0.1, 0.15) is 24.8 Å². The van der Waals surface area contributed by atoms with Gasteiger partial charge in [0.05, 0.1) is 18.4 Å². The number of aromatic nitrogens is 1. The second kappa shape index (κ2) is 7.11. The molecule has 2 aromatic rings. The van der Waals surface area contributed by atoms with Gasteiger partial charge >= 0.3 is 5.97 Å². The number of H-pyrrole nitrogens is 1. The van der Waals surface area contributed by atoms with Crippen molar-refractivity contribution in [3.63, 3.8) is 0 Å². The number of likely N-dealkylation sites (tertiary alicyclic amines) is 1. The summed E-state index contributed by atoms with van der Waals surface area (Å²) in [5, 5.41) is 10.4. The number of carboxylic acids is 1. The number of aliphatic carboxylic acids is 1. The number of ether oxygens (including phenoxy) is 1. The van der Waals surface area contributed by atoms with Crippen molar-refractivity contribution in [1.29, 1.82) is 0 Å². The highest BCUT2D eigenvalue weighted by Gasteiger charge is 2.40. The van der Waals surface area contributed by atoms with E-state index in [2.05, 4.69) is 4.98 Å². The zero-order valence-corrected chi connectivity index (χ0v) is 14.7. The molecule has 2 aliphatic rings. The van der Waals surface area contributed by atoms with Crippen LogP contribution in [0.15, 0.2) is 30.5 Å². The Morgan fingerprint density at radius 1 is 1.19 bits per heavy atom. The first-order valence-electron chi connectivity index (χ1n) is 9.30. The summed E-state index contributed by atoms with van der Waals surface area (Å²) in [6, 6.07) is 8.00. The van der Waals surface area contributed by atoms with Gasteiger partial charge in [-0.05, 0) is 36.8 Å². The summed E-state index contributed by atoms with van der Waals surface area (Å²) >= 11 is 0. The average molecular weight is 356 g/mol. The molecule has 3 heterocycles. The maximum atomic E-state index is 12.7. The Bertz CT molecular complexity index is 807. The van der Waals surface area contributed by atoms with E-state index in [9.17, 15) is 14.7 Å². The van der Waals surface area contributed by atoms with E-state index in [0.29, 0.717) is 32.5 Å². The topological polar surface area (TPSA) is 82.6 Å². The first kappa shape index (κ1) is 17.1. The van der Waals surface area contributed by atoms with Crippen LogP contribution in [0.2, 0.25) is 0 Å². The minimum absolute atomic E-state index is 0.135. The normalized spacial score (nSPS) is 24.2. The third-order valence-corrected chi connectivity index (χ3v) is 5.83. The summed E-state index contributed by atoms with van der Waals surface area (Å²) < 4.78 is 5.71. The molecule has 0 spiro atoms. The van der Waals surface area contributed by atoms with E-state index in [0.717, 1.165) is 29.3 Å². The Morgan fingerprint density at radius 3 is 2.73 bits per heavy atom. The molecule has 0 aliphatic carbocycles. The lowest BCUT2D eigenvalue weighted by molar-refractivity contribution is -0.145. The minimum Gasteiger partial charge on any atom is -0.481 e.